The smallest absolute Gasteiger partial charge is 0.227 e. The summed E-state index contributed by atoms with van der Waals surface area (Å²) in [5, 5.41) is 22.1. The Hall–Kier alpha value is -1.89. The van der Waals surface area contributed by atoms with Crippen molar-refractivity contribution in [1.29, 1.82) is 0 Å². The summed E-state index contributed by atoms with van der Waals surface area (Å²) in [5.41, 5.74) is 3.30. The predicted octanol–water partition coefficient (Wildman–Crippen LogP) is 2.79. The summed E-state index contributed by atoms with van der Waals surface area (Å²) >= 11 is 0. The highest BCUT2D eigenvalue weighted by Crippen LogP contribution is 2.40. The fourth-order valence-corrected chi connectivity index (χ4v) is 4.99. The molecule has 0 unspecified atom stereocenters. The number of benzene rings is 1. The predicted molar refractivity (Wildman–Crippen MR) is 110 cm³/mol. The van der Waals surface area contributed by atoms with Gasteiger partial charge in [0.2, 0.25) is 5.91 Å². The van der Waals surface area contributed by atoms with E-state index >= 15 is 0 Å². The summed E-state index contributed by atoms with van der Waals surface area (Å²) < 4.78 is 11.7. The topological polar surface area (TPSA) is 83.1 Å². The van der Waals surface area contributed by atoms with Crippen LogP contribution in [0.1, 0.15) is 48.4 Å². The van der Waals surface area contributed by atoms with Crippen LogP contribution < -0.4 is 0 Å². The molecule has 1 aromatic heterocycles. The average molecular weight is 402 g/mol. The Morgan fingerprint density at radius 3 is 2.59 bits per heavy atom. The number of furan rings is 1. The molecule has 0 radical (unpaired) electrons. The number of aryl methyl sites for hydroxylation is 3. The molecule has 0 saturated carbocycles. The first-order valence-electron chi connectivity index (χ1n) is 10.4. The zero-order valence-electron chi connectivity index (χ0n) is 17.7. The minimum absolute atomic E-state index is 0.0530. The number of likely N-dealkylation sites (tertiary alicyclic amines) is 1. The summed E-state index contributed by atoms with van der Waals surface area (Å²) in [5.74, 6) is 0.0530. The summed E-state index contributed by atoms with van der Waals surface area (Å²) in [6.07, 6.45) is 2.54. The third kappa shape index (κ3) is 3.37. The van der Waals surface area contributed by atoms with Crippen molar-refractivity contribution in [2.24, 2.45) is 0 Å². The fraction of sp³-hybridized carbons (Fsp3) is 0.609. The van der Waals surface area contributed by atoms with Gasteiger partial charge in [0.05, 0.1) is 24.9 Å². The van der Waals surface area contributed by atoms with Crippen molar-refractivity contribution in [2.75, 3.05) is 19.7 Å². The van der Waals surface area contributed by atoms with Crippen molar-refractivity contribution in [3.63, 3.8) is 0 Å². The van der Waals surface area contributed by atoms with Gasteiger partial charge in [0.15, 0.2) is 0 Å². The maximum atomic E-state index is 13.0. The second-order valence-electron chi connectivity index (χ2n) is 9.08. The normalized spacial score (nSPS) is 27.0. The number of aliphatic hydroxyl groups excluding tert-OH is 1. The number of carbonyl (C=O) groups excluding carboxylic acids is 1. The van der Waals surface area contributed by atoms with Crippen LogP contribution in [0.4, 0.5) is 0 Å². The van der Waals surface area contributed by atoms with Crippen LogP contribution in [0.2, 0.25) is 0 Å². The number of hydrogen-bond acceptors (Lipinski definition) is 5. The maximum absolute atomic E-state index is 13.0. The number of rotatable bonds is 2. The molecule has 2 N–H and O–H groups in total. The van der Waals surface area contributed by atoms with E-state index in [2.05, 4.69) is 19.9 Å². The molecule has 2 saturated heterocycles. The molecule has 29 heavy (non-hydrogen) atoms. The molecule has 2 aromatic rings. The molecule has 2 aliphatic rings. The van der Waals surface area contributed by atoms with Gasteiger partial charge in [0.1, 0.15) is 17.3 Å². The van der Waals surface area contributed by atoms with Gasteiger partial charge in [-0.3, -0.25) is 4.79 Å². The lowest BCUT2D eigenvalue weighted by molar-refractivity contribution is -0.245. The van der Waals surface area contributed by atoms with Crippen molar-refractivity contribution < 1.29 is 24.2 Å². The van der Waals surface area contributed by atoms with Crippen LogP contribution in [0.3, 0.4) is 0 Å². The molecule has 1 amide bonds. The van der Waals surface area contributed by atoms with Crippen LogP contribution in [0.25, 0.3) is 11.0 Å². The standard InChI is InChI=1S/C23H31NO5/c1-14-11-15(2)19-17(13-28-20(19)16(14)3)12-18(25)24-8-5-23(6-9-24)21(26)22(4,27)7-10-29-23/h11,13,21,26-27H,5-10,12H2,1-4H3/t21-,22+/m0/s1. The van der Waals surface area contributed by atoms with Crippen molar-refractivity contribution in [2.45, 2.75) is 70.7 Å². The van der Waals surface area contributed by atoms with Crippen LogP contribution in [-0.4, -0.2) is 58.0 Å². The lowest BCUT2D eigenvalue weighted by Gasteiger charge is -2.51. The van der Waals surface area contributed by atoms with E-state index in [0.29, 0.717) is 45.4 Å². The van der Waals surface area contributed by atoms with E-state index in [1.165, 1.54) is 5.56 Å². The number of amides is 1. The van der Waals surface area contributed by atoms with Crippen LogP contribution in [0.5, 0.6) is 0 Å². The number of nitrogens with zero attached hydrogens (tertiary/aromatic N) is 1. The number of carbonyl (C=O) groups is 1. The highest BCUT2D eigenvalue weighted by atomic mass is 16.5. The first kappa shape index (κ1) is 20.4. The molecule has 1 aromatic carbocycles. The quantitative estimate of drug-likeness (QED) is 0.809. The van der Waals surface area contributed by atoms with Gasteiger partial charge in [-0.05, 0) is 57.2 Å². The van der Waals surface area contributed by atoms with Gasteiger partial charge in [-0.25, -0.2) is 0 Å². The molecule has 0 bridgehead atoms. The first-order valence-corrected chi connectivity index (χ1v) is 10.4. The summed E-state index contributed by atoms with van der Waals surface area (Å²) in [4.78, 5) is 14.8. The van der Waals surface area contributed by atoms with Gasteiger partial charge >= 0.3 is 0 Å². The van der Waals surface area contributed by atoms with E-state index in [0.717, 1.165) is 27.7 Å². The molecule has 0 aliphatic carbocycles. The van der Waals surface area contributed by atoms with E-state index in [1.807, 2.05) is 11.8 Å². The Kier molecular flexibility index (Phi) is 5.00. The van der Waals surface area contributed by atoms with Crippen LogP contribution in [0, 0.1) is 20.8 Å². The Morgan fingerprint density at radius 1 is 1.21 bits per heavy atom. The molecule has 6 nitrogen and oxygen atoms in total. The Bertz CT molecular complexity index is 936. The number of fused-ring (bicyclic) bond motifs is 1. The van der Waals surface area contributed by atoms with Crippen LogP contribution >= 0.6 is 0 Å². The molecule has 1 spiro atoms. The molecule has 2 aliphatic heterocycles. The van der Waals surface area contributed by atoms with E-state index in [-0.39, 0.29) is 5.91 Å². The van der Waals surface area contributed by atoms with Gasteiger partial charge in [0.25, 0.3) is 0 Å². The van der Waals surface area contributed by atoms with Crippen molar-refractivity contribution >= 4 is 16.9 Å². The third-order valence-corrected chi connectivity index (χ3v) is 7.02. The van der Waals surface area contributed by atoms with Crippen LogP contribution in [-0.2, 0) is 16.0 Å². The molecular formula is C23H31NO5. The molecule has 2 fully saturated rings. The summed E-state index contributed by atoms with van der Waals surface area (Å²) in [7, 11) is 0. The van der Waals surface area contributed by atoms with E-state index < -0.39 is 17.3 Å². The molecule has 2 atom stereocenters. The zero-order valence-corrected chi connectivity index (χ0v) is 17.7. The highest BCUT2D eigenvalue weighted by molar-refractivity contribution is 5.92. The number of aliphatic hydroxyl groups is 2. The zero-order chi connectivity index (χ0) is 21.0. The first-order chi connectivity index (χ1) is 13.6. The second kappa shape index (κ2) is 7.11. The minimum Gasteiger partial charge on any atom is -0.464 e. The Labute approximate surface area is 171 Å². The molecule has 158 valence electrons. The van der Waals surface area contributed by atoms with Gasteiger partial charge in [-0.2, -0.15) is 0 Å². The van der Waals surface area contributed by atoms with Crippen molar-refractivity contribution in [3.05, 3.63) is 34.6 Å². The fourth-order valence-electron chi connectivity index (χ4n) is 4.99. The summed E-state index contributed by atoms with van der Waals surface area (Å²) in [6.45, 7) is 9.28. The Balaban J connectivity index is 1.48. The van der Waals surface area contributed by atoms with E-state index in [9.17, 15) is 15.0 Å². The van der Waals surface area contributed by atoms with E-state index in [4.69, 9.17) is 9.15 Å². The molecular weight excluding hydrogens is 370 g/mol. The third-order valence-electron chi connectivity index (χ3n) is 7.02. The molecule has 4 rings (SSSR count). The number of hydrogen-bond donors (Lipinski definition) is 2. The van der Waals surface area contributed by atoms with Crippen molar-refractivity contribution in [1.82, 2.24) is 4.90 Å². The van der Waals surface area contributed by atoms with Crippen molar-refractivity contribution in [3.8, 4) is 0 Å². The second-order valence-corrected chi connectivity index (χ2v) is 9.08. The average Bonchev–Trinajstić information content (AvgIpc) is 3.09. The largest absolute Gasteiger partial charge is 0.464 e. The summed E-state index contributed by atoms with van der Waals surface area (Å²) in [6, 6.07) is 2.14. The number of ether oxygens (including phenoxy) is 1. The number of piperidine rings is 1. The maximum Gasteiger partial charge on any atom is 0.227 e. The SMILES string of the molecule is Cc1cc(C)c2c(CC(=O)N3CCC4(CC3)OCC[C@@](C)(O)[C@@H]4O)coc2c1C. The molecule has 6 heteroatoms. The minimum atomic E-state index is -1.15. The Morgan fingerprint density at radius 2 is 1.90 bits per heavy atom. The van der Waals surface area contributed by atoms with Gasteiger partial charge < -0.3 is 24.3 Å². The monoisotopic (exact) mass is 401 g/mol. The molecule has 3 heterocycles. The van der Waals surface area contributed by atoms with Gasteiger partial charge in [-0.15, -0.1) is 0 Å². The lowest BCUT2D eigenvalue weighted by atomic mass is 9.75. The highest BCUT2D eigenvalue weighted by Gasteiger charge is 2.52. The van der Waals surface area contributed by atoms with Gasteiger partial charge in [-0.1, -0.05) is 6.07 Å². The van der Waals surface area contributed by atoms with Crippen LogP contribution in [0.15, 0.2) is 16.7 Å². The van der Waals surface area contributed by atoms with Gasteiger partial charge in [0, 0.05) is 30.5 Å². The van der Waals surface area contributed by atoms with E-state index in [1.54, 1.807) is 13.2 Å². The lowest BCUT2D eigenvalue weighted by Crippen LogP contribution is -2.64.